The van der Waals surface area contributed by atoms with E-state index >= 15 is 0 Å². The maximum atomic E-state index is 11.7. The number of anilines is 1. The first kappa shape index (κ1) is 18.9. The van der Waals surface area contributed by atoms with Crippen molar-refractivity contribution in [1.82, 2.24) is 5.32 Å². The number of esters is 1. The lowest BCUT2D eigenvalue weighted by Crippen LogP contribution is -2.34. The zero-order valence-electron chi connectivity index (χ0n) is 13.5. The lowest BCUT2D eigenvalue weighted by molar-refractivity contribution is -0.144. The number of benzene rings is 1. The molecule has 0 aliphatic carbocycles. The number of carbonyl (C=O) groups excluding carboxylic acids is 2. The van der Waals surface area contributed by atoms with Gasteiger partial charge in [0.15, 0.2) is 5.11 Å². The van der Waals surface area contributed by atoms with E-state index in [0.29, 0.717) is 18.0 Å². The van der Waals surface area contributed by atoms with E-state index in [1.807, 2.05) is 32.0 Å². The molecule has 1 amide bonds. The number of para-hydroxylation sites is 2. The highest BCUT2D eigenvalue weighted by molar-refractivity contribution is 7.80. The number of rotatable bonds is 7. The Morgan fingerprint density at radius 1 is 1.22 bits per heavy atom. The molecule has 1 aromatic carbocycles. The minimum Gasteiger partial charge on any atom is -0.489 e. The van der Waals surface area contributed by atoms with Crippen LogP contribution in [0.1, 0.15) is 33.6 Å². The molecule has 0 unspecified atom stereocenters. The van der Waals surface area contributed by atoms with Gasteiger partial charge < -0.3 is 20.1 Å². The Balaban J connectivity index is 2.50. The molecule has 0 atom stereocenters. The van der Waals surface area contributed by atoms with Crippen molar-refractivity contribution in [3.8, 4) is 5.75 Å². The maximum Gasteiger partial charge on any atom is 0.306 e. The normalized spacial score (nSPS) is 10.1. The summed E-state index contributed by atoms with van der Waals surface area (Å²) in [4.78, 5) is 22.9. The molecule has 1 aromatic rings. The predicted molar refractivity (Wildman–Crippen MR) is 92.4 cm³/mol. The van der Waals surface area contributed by atoms with Crippen LogP contribution < -0.4 is 15.4 Å². The van der Waals surface area contributed by atoms with Gasteiger partial charge in [0.25, 0.3) is 0 Å². The Hall–Kier alpha value is -2.15. The van der Waals surface area contributed by atoms with E-state index in [2.05, 4.69) is 10.6 Å². The number of thiocarbonyl (C=S) groups is 1. The van der Waals surface area contributed by atoms with Gasteiger partial charge in [0.1, 0.15) is 5.75 Å². The summed E-state index contributed by atoms with van der Waals surface area (Å²) in [5.74, 6) is -0.111. The van der Waals surface area contributed by atoms with Crippen molar-refractivity contribution in [2.24, 2.45) is 0 Å². The monoisotopic (exact) mass is 338 g/mol. The second-order valence-corrected chi connectivity index (χ2v) is 5.38. The third kappa shape index (κ3) is 7.60. The first-order valence-electron chi connectivity index (χ1n) is 7.44. The average Bonchev–Trinajstić information content (AvgIpc) is 2.47. The van der Waals surface area contributed by atoms with Gasteiger partial charge in [-0.05, 0) is 45.1 Å². The molecule has 6 nitrogen and oxygen atoms in total. The van der Waals surface area contributed by atoms with E-state index in [0.717, 1.165) is 0 Å². The molecule has 126 valence electrons. The molecular formula is C16H22N2O4S. The van der Waals surface area contributed by atoms with Crippen molar-refractivity contribution in [2.75, 3.05) is 11.9 Å². The summed E-state index contributed by atoms with van der Waals surface area (Å²) in [5.41, 5.74) is 0.664. The maximum absolute atomic E-state index is 11.7. The standard InChI is InChI=1S/C16H22N2O4S/c1-4-21-15(20)10-9-14(19)18-16(23)17-12-7-5-6-8-13(12)22-11(2)3/h5-8,11H,4,9-10H2,1-3H3,(H2,17,18,19,23). The number of hydrogen-bond acceptors (Lipinski definition) is 5. The highest BCUT2D eigenvalue weighted by atomic mass is 32.1. The van der Waals surface area contributed by atoms with Crippen LogP contribution in [0.15, 0.2) is 24.3 Å². The lowest BCUT2D eigenvalue weighted by atomic mass is 10.3. The second kappa shape index (κ2) is 9.78. The van der Waals surface area contributed by atoms with Crippen LogP contribution in [-0.2, 0) is 14.3 Å². The van der Waals surface area contributed by atoms with Crippen molar-refractivity contribution < 1.29 is 19.1 Å². The molecule has 0 aliphatic heterocycles. The fraction of sp³-hybridized carbons (Fsp3) is 0.438. The molecule has 0 radical (unpaired) electrons. The van der Waals surface area contributed by atoms with Gasteiger partial charge in [-0.3, -0.25) is 9.59 Å². The third-order valence-electron chi connectivity index (χ3n) is 2.61. The van der Waals surface area contributed by atoms with Crippen LogP contribution in [0.4, 0.5) is 5.69 Å². The van der Waals surface area contributed by atoms with Crippen molar-refractivity contribution in [1.29, 1.82) is 0 Å². The number of nitrogens with one attached hydrogen (secondary N) is 2. The summed E-state index contributed by atoms with van der Waals surface area (Å²) in [6.45, 7) is 5.86. The number of ether oxygens (including phenoxy) is 2. The Labute approximate surface area is 141 Å². The number of amides is 1. The molecule has 1 rings (SSSR count). The Kier molecular flexibility index (Phi) is 8.04. The molecule has 0 aromatic heterocycles. The fourth-order valence-corrected chi connectivity index (χ4v) is 1.94. The smallest absolute Gasteiger partial charge is 0.306 e. The first-order chi connectivity index (χ1) is 10.9. The average molecular weight is 338 g/mol. The van der Waals surface area contributed by atoms with Gasteiger partial charge in [-0.1, -0.05) is 12.1 Å². The lowest BCUT2D eigenvalue weighted by Gasteiger charge is -2.16. The summed E-state index contributed by atoms with van der Waals surface area (Å²) in [5, 5.41) is 5.59. The van der Waals surface area contributed by atoms with E-state index in [9.17, 15) is 9.59 Å². The molecule has 0 saturated heterocycles. The van der Waals surface area contributed by atoms with Crippen LogP contribution in [0.2, 0.25) is 0 Å². The van der Waals surface area contributed by atoms with Crippen LogP contribution in [-0.4, -0.2) is 29.7 Å². The zero-order valence-corrected chi connectivity index (χ0v) is 14.4. The molecule has 23 heavy (non-hydrogen) atoms. The molecule has 0 heterocycles. The molecule has 0 aliphatic rings. The minimum atomic E-state index is -0.405. The Morgan fingerprint density at radius 3 is 2.57 bits per heavy atom. The predicted octanol–water partition coefficient (Wildman–Crippen LogP) is 2.63. The van der Waals surface area contributed by atoms with Gasteiger partial charge in [0.05, 0.1) is 24.8 Å². The highest BCUT2D eigenvalue weighted by Gasteiger charge is 2.11. The van der Waals surface area contributed by atoms with Crippen molar-refractivity contribution >= 4 is 34.9 Å². The van der Waals surface area contributed by atoms with E-state index in [1.165, 1.54) is 0 Å². The largest absolute Gasteiger partial charge is 0.489 e. The van der Waals surface area contributed by atoms with Gasteiger partial charge in [0, 0.05) is 6.42 Å². The van der Waals surface area contributed by atoms with E-state index in [1.54, 1.807) is 13.0 Å². The Bertz CT molecular complexity index is 561. The summed E-state index contributed by atoms with van der Waals surface area (Å²) in [6, 6.07) is 7.30. The van der Waals surface area contributed by atoms with Crippen molar-refractivity contribution in [3.63, 3.8) is 0 Å². The van der Waals surface area contributed by atoms with Crippen molar-refractivity contribution in [2.45, 2.75) is 39.7 Å². The SMILES string of the molecule is CCOC(=O)CCC(=O)NC(=S)Nc1ccccc1OC(C)C. The first-order valence-corrected chi connectivity index (χ1v) is 7.85. The van der Waals surface area contributed by atoms with Gasteiger partial charge in [0.2, 0.25) is 5.91 Å². The topological polar surface area (TPSA) is 76.7 Å². The third-order valence-corrected chi connectivity index (χ3v) is 2.82. The van der Waals surface area contributed by atoms with Crippen molar-refractivity contribution in [3.05, 3.63) is 24.3 Å². The van der Waals surface area contributed by atoms with E-state index in [4.69, 9.17) is 21.7 Å². The summed E-state index contributed by atoms with van der Waals surface area (Å²) in [6.07, 6.45) is 0.0610. The number of hydrogen-bond donors (Lipinski definition) is 2. The molecule has 0 bridgehead atoms. The van der Waals surface area contributed by atoms with Crippen LogP contribution >= 0.6 is 12.2 Å². The van der Waals surface area contributed by atoms with Gasteiger partial charge in [-0.25, -0.2) is 0 Å². The molecule has 0 spiro atoms. The van der Waals surface area contributed by atoms with Crippen LogP contribution in [0.3, 0.4) is 0 Å². The molecular weight excluding hydrogens is 316 g/mol. The van der Waals surface area contributed by atoms with E-state index < -0.39 is 5.97 Å². The van der Waals surface area contributed by atoms with E-state index in [-0.39, 0.29) is 30.0 Å². The summed E-state index contributed by atoms with van der Waals surface area (Å²) < 4.78 is 10.4. The van der Waals surface area contributed by atoms with Gasteiger partial charge in [-0.2, -0.15) is 0 Å². The highest BCUT2D eigenvalue weighted by Crippen LogP contribution is 2.24. The van der Waals surface area contributed by atoms with Gasteiger partial charge in [-0.15, -0.1) is 0 Å². The molecule has 0 fully saturated rings. The quantitative estimate of drug-likeness (QED) is 0.588. The van der Waals surface area contributed by atoms with Crippen LogP contribution in [0.25, 0.3) is 0 Å². The molecule has 7 heteroatoms. The van der Waals surface area contributed by atoms with Gasteiger partial charge >= 0.3 is 5.97 Å². The minimum absolute atomic E-state index is 0.0186. The molecule has 2 N–H and O–H groups in total. The summed E-state index contributed by atoms with van der Waals surface area (Å²) in [7, 11) is 0. The molecule has 0 saturated carbocycles. The second-order valence-electron chi connectivity index (χ2n) is 4.97. The zero-order chi connectivity index (χ0) is 17.2. The van der Waals surface area contributed by atoms with Crippen LogP contribution in [0, 0.1) is 0 Å². The summed E-state index contributed by atoms with van der Waals surface area (Å²) >= 11 is 5.10. The van der Waals surface area contributed by atoms with Crippen LogP contribution in [0.5, 0.6) is 5.75 Å². The fourth-order valence-electron chi connectivity index (χ4n) is 1.72. The number of carbonyl (C=O) groups is 2. The Morgan fingerprint density at radius 2 is 1.91 bits per heavy atom.